The number of hydrogen-bond donors (Lipinski definition) is 1. The van der Waals surface area contributed by atoms with E-state index >= 15 is 0 Å². The van der Waals surface area contributed by atoms with E-state index in [-0.39, 0.29) is 17.6 Å². The van der Waals surface area contributed by atoms with Crippen molar-refractivity contribution in [1.29, 1.82) is 0 Å². The fraction of sp³-hybridized carbons (Fsp3) is 0.438. The first-order valence-electron chi connectivity index (χ1n) is 7.47. The van der Waals surface area contributed by atoms with Crippen LogP contribution in [0.2, 0.25) is 0 Å². The summed E-state index contributed by atoms with van der Waals surface area (Å²) in [5.74, 6) is -1.09. The number of carbonyl (C=O) groups is 3. The second-order valence-corrected chi connectivity index (χ2v) is 5.80. The second kappa shape index (κ2) is 5.70. The quantitative estimate of drug-likeness (QED) is 0.775. The van der Waals surface area contributed by atoms with E-state index in [1.807, 2.05) is 0 Å². The topological polar surface area (TPSA) is 96.4 Å². The first kappa shape index (κ1) is 16.1. The Morgan fingerprint density at radius 1 is 1.21 bits per heavy atom. The van der Waals surface area contributed by atoms with Gasteiger partial charge in [0.05, 0.1) is 19.9 Å². The maximum atomic E-state index is 12.3. The third-order valence-corrected chi connectivity index (χ3v) is 4.59. The van der Waals surface area contributed by atoms with Gasteiger partial charge in [0.1, 0.15) is 18.0 Å². The van der Waals surface area contributed by atoms with Crippen molar-refractivity contribution >= 4 is 23.7 Å². The Kier molecular flexibility index (Phi) is 3.82. The minimum Gasteiger partial charge on any atom is -0.508 e. The number of rotatable bonds is 1. The molecule has 1 fully saturated rings. The number of ether oxygens (including phenoxy) is 2. The molecule has 1 saturated heterocycles. The normalized spacial score (nSPS) is 24.4. The molecule has 1 aromatic carbocycles. The highest BCUT2D eigenvalue weighted by Gasteiger charge is 2.56. The lowest BCUT2D eigenvalue weighted by atomic mass is 9.96. The number of likely N-dealkylation sites (tertiary alicyclic amines) is 1. The molecule has 0 aromatic heterocycles. The Balaban J connectivity index is 2.12. The number of phenols is 1. The number of amides is 2. The average molecular weight is 334 g/mol. The van der Waals surface area contributed by atoms with Crippen LogP contribution in [0.1, 0.15) is 24.8 Å². The number of methoxy groups -OCH3 is 2. The maximum absolute atomic E-state index is 12.3. The van der Waals surface area contributed by atoms with E-state index in [9.17, 15) is 19.5 Å². The molecule has 2 amide bonds. The average Bonchev–Trinajstić information content (AvgIpc) is 3.06. The van der Waals surface area contributed by atoms with Gasteiger partial charge in [0.25, 0.3) is 0 Å². The predicted octanol–water partition coefficient (Wildman–Crippen LogP) is 1.18. The molecule has 2 aliphatic rings. The van der Waals surface area contributed by atoms with Crippen LogP contribution in [0.25, 0.3) is 0 Å². The third kappa shape index (κ3) is 2.17. The number of phenolic OH excluding ortho intramolecular Hbond substituents is 1. The minimum atomic E-state index is -0.832. The Hall–Kier alpha value is -2.77. The Morgan fingerprint density at radius 3 is 2.50 bits per heavy atom. The van der Waals surface area contributed by atoms with Gasteiger partial charge in [0.2, 0.25) is 5.91 Å². The number of aromatic hydroxyl groups is 1. The number of nitrogens with zero attached hydrogens (tertiary/aromatic N) is 2. The third-order valence-electron chi connectivity index (χ3n) is 4.59. The van der Waals surface area contributed by atoms with Crippen LogP contribution >= 0.6 is 0 Å². The van der Waals surface area contributed by atoms with Crippen molar-refractivity contribution in [3.05, 3.63) is 23.8 Å². The molecule has 3 rings (SSSR count). The van der Waals surface area contributed by atoms with Gasteiger partial charge < -0.3 is 14.6 Å². The Morgan fingerprint density at radius 2 is 1.92 bits per heavy atom. The number of carbonyl (C=O) groups excluding carboxylic acids is 3. The van der Waals surface area contributed by atoms with Crippen LogP contribution in [0.5, 0.6) is 5.75 Å². The summed E-state index contributed by atoms with van der Waals surface area (Å²) >= 11 is 0. The van der Waals surface area contributed by atoms with Crippen LogP contribution in [0.3, 0.4) is 0 Å². The standard InChI is InChI=1S/C16H18N2O6/c1-8(19)17-12-6-9(20)4-5-10(12)11-7-13(15(21)23-2)18(14(11)17)16(22)24-3/h4-6,11,13-14,20H,7H2,1-3H3/t11-,13+,14-/m1/s1. The molecule has 0 bridgehead atoms. The van der Waals surface area contributed by atoms with Crippen molar-refractivity contribution in [2.45, 2.75) is 31.5 Å². The summed E-state index contributed by atoms with van der Waals surface area (Å²) in [5.41, 5.74) is 1.34. The summed E-state index contributed by atoms with van der Waals surface area (Å²) in [7, 11) is 2.47. The molecule has 0 saturated carbocycles. The van der Waals surface area contributed by atoms with E-state index in [1.54, 1.807) is 6.07 Å². The molecule has 3 atom stereocenters. The van der Waals surface area contributed by atoms with Crippen LogP contribution < -0.4 is 4.90 Å². The molecule has 0 spiro atoms. The van der Waals surface area contributed by atoms with Gasteiger partial charge in [0.15, 0.2) is 0 Å². The molecular formula is C16H18N2O6. The molecule has 8 nitrogen and oxygen atoms in total. The zero-order valence-corrected chi connectivity index (χ0v) is 13.6. The molecule has 0 aliphatic carbocycles. The lowest BCUT2D eigenvalue weighted by Crippen LogP contribution is -2.53. The summed E-state index contributed by atoms with van der Waals surface area (Å²) in [4.78, 5) is 39.3. The molecule has 24 heavy (non-hydrogen) atoms. The van der Waals surface area contributed by atoms with Crippen molar-refractivity contribution in [2.75, 3.05) is 19.1 Å². The monoisotopic (exact) mass is 334 g/mol. The van der Waals surface area contributed by atoms with Gasteiger partial charge in [-0.1, -0.05) is 6.07 Å². The Labute approximate surface area is 138 Å². The lowest BCUT2D eigenvalue weighted by molar-refractivity contribution is -0.146. The van der Waals surface area contributed by atoms with Crippen LogP contribution in [0, 0.1) is 0 Å². The van der Waals surface area contributed by atoms with E-state index < -0.39 is 24.3 Å². The first-order chi connectivity index (χ1) is 11.4. The summed E-state index contributed by atoms with van der Waals surface area (Å²) in [6, 6.07) is 3.88. The number of fused-ring (bicyclic) bond motifs is 3. The number of benzene rings is 1. The molecule has 1 N–H and O–H groups in total. The van der Waals surface area contributed by atoms with E-state index in [0.29, 0.717) is 12.1 Å². The summed E-state index contributed by atoms with van der Waals surface area (Å²) in [5, 5.41) is 9.74. The van der Waals surface area contributed by atoms with Gasteiger partial charge in [-0.25, -0.2) is 9.59 Å². The molecule has 1 aromatic rings. The molecule has 0 unspecified atom stereocenters. The number of esters is 1. The lowest BCUT2D eigenvalue weighted by Gasteiger charge is -2.33. The van der Waals surface area contributed by atoms with Crippen molar-refractivity contribution in [1.82, 2.24) is 4.90 Å². The van der Waals surface area contributed by atoms with Crippen molar-refractivity contribution in [3.8, 4) is 5.75 Å². The summed E-state index contributed by atoms with van der Waals surface area (Å²) in [6.45, 7) is 1.37. The van der Waals surface area contributed by atoms with Crippen molar-refractivity contribution in [2.24, 2.45) is 0 Å². The minimum absolute atomic E-state index is 0.0223. The molecule has 2 aliphatic heterocycles. The van der Waals surface area contributed by atoms with Crippen LogP contribution in [0.4, 0.5) is 10.5 Å². The van der Waals surface area contributed by atoms with E-state index in [0.717, 1.165) is 5.56 Å². The zero-order chi connectivity index (χ0) is 17.6. The second-order valence-electron chi connectivity index (χ2n) is 5.80. The van der Waals surface area contributed by atoms with Gasteiger partial charge in [-0.3, -0.25) is 14.6 Å². The first-order valence-corrected chi connectivity index (χ1v) is 7.47. The zero-order valence-electron chi connectivity index (χ0n) is 13.6. The molecule has 2 heterocycles. The van der Waals surface area contributed by atoms with Crippen LogP contribution in [0.15, 0.2) is 18.2 Å². The van der Waals surface area contributed by atoms with Gasteiger partial charge in [0, 0.05) is 18.9 Å². The number of hydrogen-bond acceptors (Lipinski definition) is 6. The van der Waals surface area contributed by atoms with Gasteiger partial charge >= 0.3 is 12.1 Å². The summed E-state index contributed by atoms with van der Waals surface area (Å²) in [6.07, 6.45) is -1.08. The highest BCUT2D eigenvalue weighted by Crippen LogP contribution is 2.51. The molecule has 0 radical (unpaired) electrons. The smallest absolute Gasteiger partial charge is 0.411 e. The highest BCUT2D eigenvalue weighted by atomic mass is 16.5. The molecule has 128 valence electrons. The molecule has 8 heteroatoms. The predicted molar refractivity (Wildman–Crippen MR) is 82.5 cm³/mol. The van der Waals surface area contributed by atoms with Crippen LogP contribution in [-0.2, 0) is 19.1 Å². The largest absolute Gasteiger partial charge is 0.508 e. The van der Waals surface area contributed by atoms with Crippen LogP contribution in [-0.4, -0.2) is 54.4 Å². The van der Waals surface area contributed by atoms with Crippen molar-refractivity contribution < 1.29 is 29.0 Å². The Bertz CT molecular complexity index is 719. The molecular weight excluding hydrogens is 316 g/mol. The van der Waals surface area contributed by atoms with E-state index in [4.69, 9.17) is 9.47 Å². The van der Waals surface area contributed by atoms with Gasteiger partial charge in [-0.15, -0.1) is 0 Å². The SMILES string of the molecule is COC(=O)[C@@H]1C[C@@H]2c3ccc(O)cc3N(C(C)=O)[C@@H]2N1C(=O)OC. The fourth-order valence-electron chi connectivity index (χ4n) is 3.69. The van der Waals surface area contributed by atoms with E-state index in [1.165, 1.54) is 43.1 Å². The van der Waals surface area contributed by atoms with E-state index in [2.05, 4.69) is 0 Å². The fourth-order valence-corrected chi connectivity index (χ4v) is 3.69. The maximum Gasteiger partial charge on any atom is 0.411 e. The van der Waals surface area contributed by atoms with Gasteiger partial charge in [-0.05, 0) is 18.1 Å². The highest BCUT2D eigenvalue weighted by molar-refractivity contribution is 5.97. The van der Waals surface area contributed by atoms with Crippen molar-refractivity contribution in [3.63, 3.8) is 0 Å². The summed E-state index contributed by atoms with van der Waals surface area (Å²) < 4.78 is 9.61. The number of anilines is 1. The van der Waals surface area contributed by atoms with Gasteiger partial charge in [-0.2, -0.15) is 0 Å².